The van der Waals surface area contributed by atoms with Gasteiger partial charge < -0.3 is 9.97 Å². The van der Waals surface area contributed by atoms with Crippen molar-refractivity contribution in [1.29, 1.82) is 0 Å². The number of allylic oxidation sites excluding steroid dienone is 2. The molecule has 3 aromatic heterocycles. The third-order valence-electron chi connectivity index (χ3n) is 8.02. The molecule has 0 aromatic carbocycles. The number of aromatic amines is 2. The van der Waals surface area contributed by atoms with Gasteiger partial charge in [-0.05, 0) is 109 Å². The van der Waals surface area contributed by atoms with Crippen molar-refractivity contribution in [3.05, 3.63) is 69.3 Å². The number of rotatable bonds is 6. The zero-order valence-corrected chi connectivity index (χ0v) is 22.9. The maximum absolute atomic E-state index is 5.25. The van der Waals surface area contributed by atoms with Gasteiger partial charge in [-0.3, -0.25) is 4.98 Å². The normalized spacial score (nSPS) is 13.6. The molecule has 2 aliphatic rings. The van der Waals surface area contributed by atoms with Crippen LogP contribution in [0.4, 0.5) is 0 Å². The Morgan fingerprint density at radius 1 is 0.500 bits per heavy atom. The Balaban J connectivity index is 1.97. The summed E-state index contributed by atoms with van der Waals surface area (Å²) in [5.41, 5.74) is 17.8. The van der Waals surface area contributed by atoms with Crippen molar-refractivity contribution < 1.29 is 0 Å². The molecule has 0 aliphatic carbocycles. The molecule has 0 fully saturated rings. The van der Waals surface area contributed by atoms with E-state index in [1.807, 2.05) is 0 Å². The number of hydrogen-bond acceptors (Lipinski definition) is 2. The van der Waals surface area contributed by atoms with Crippen molar-refractivity contribution in [1.82, 2.24) is 19.9 Å². The quantitative estimate of drug-likeness (QED) is 0.375. The van der Waals surface area contributed by atoms with Crippen LogP contribution in [0, 0.1) is 0 Å². The first kappa shape index (κ1) is 24.5. The number of H-pyrrole nitrogens is 2. The fourth-order valence-electron chi connectivity index (χ4n) is 6.32. The molecule has 3 aromatic rings. The van der Waals surface area contributed by atoms with Gasteiger partial charge in [-0.1, -0.05) is 41.5 Å². The standard InChI is InChI=1S/C32H40N4/c1-7-21-23(9-3)29-17-31-25(11-5)26(12-6)32(36-31)18-30-24(10-4)22(8-2)28(35-30)16-20-14-13-19(33-20)15-27(21)34-29/h15-18,34-35H,7-14H2,1-6H3. The lowest BCUT2D eigenvalue weighted by Gasteiger charge is -2.03. The Morgan fingerprint density at radius 2 is 0.861 bits per heavy atom. The van der Waals surface area contributed by atoms with E-state index >= 15 is 0 Å². The summed E-state index contributed by atoms with van der Waals surface area (Å²) in [6.07, 6.45) is 7.97. The largest absolute Gasteiger partial charge is 0.355 e. The predicted octanol–water partition coefficient (Wildman–Crippen LogP) is 8.08. The van der Waals surface area contributed by atoms with Crippen LogP contribution in [0.3, 0.4) is 0 Å². The van der Waals surface area contributed by atoms with Crippen LogP contribution in [0.25, 0.3) is 33.2 Å². The monoisotopic (exact) mass is 480 g/mol. The van der Waals surface area contributed by atoms with E-state index in [2.05, 4.69) is 75.8 Å². The molecule has 2 N–H and O–H groups in total. The van der Waals surface area contributed by atoms with Crippen molar-refractivity contribution in [2.45, 2.75) is 92.9 Å². The molecule has 4 heteroatoms. The van der Waals surface area contributed by atoms with Gasteiger partial charge in [0, 0.05) is 33.5 Å². The molecule has 188 valence electrons. The van der Waals surface area contributed by atoms with Crippen molar-refractivity contribution in [2.75, 3.05) is 0 Å². The van der Waals surface area contributed by atoms with Crippen LogP contribution in [0.15, 0.2) is 24.3 Å². The van der Waals surface area contributed by atoms with Crippen LogP contribution < -0.4 is 0 Å². The highest BCUT2D eigenvalue weighted by atomic mass is 14.8. The molecule has 5 heterocycles. The van der Waals surface area contributed by atoms with Gasteiger partial charge in [-0.25, -0.2) is 4.98 Å². The minimum absolute atomic E-state index is 0.983. The second-order valence-corrected chi connectivity index (χ2v) is 9.95. The van der Waals surface area contributed by atoms with E-state index in [-0.39, 0.29) is 0 Å². The molecule has 0 saturated carbocycles. The number of aromatic nitrogens is 4. The number of fused-ring (bicyclic) bond motifs is 8. The third-order valence-corrected chi connectivity index (χ3v) is 8.02. The SMILES string of the molecule is CCC1=C(CC)c2cc3[nH]c(cc4nc(cc5[nH]c(cc1n2)c(CC)c5CC)CC4)c(CC)c3CC. The number of hydrogen-bond donors (Lipinski definition) is 2. The summed E-state index contributed by atoms with van der Waals surface area (Å²) < 4.78 is 0. The van der Waals surface area contributed by atoms with Gasteiger partial charge in [0.15, 0.2) is 0 Å². The van der Waals surface area contributed by atoms with Crippen molar-refractivity contribution in [2.24, 2.45) is 0 Å². The minimum atomic E-state index is 0.983. The second kappa shape index (κ2) is 10.1. The van der Waals surface area contributed by atoms with Gasteiger partial charge >= 0.3 is 0 Å². The Labute approximate surface area is 215 Å². The van der Waals surface area contributed by atoms with Crippen LogP contribution in [-0.4, -0.2) is 19.9 Å². The van der Waals surface area contributed by atoms with Gasteiger partial charge in [0.25, 0.3) is 0 Å². The summed E-state index contributed by atoms with van der Waals surface area (Å²) in [5, 5.41) is 0. The Bertz CT molecular complexity index is 1390. The molecule has 2 aliphatic heterocycles. The first-order valence-corrected chi connectivity index (χ1v) is 14.0. The predicted molar refractivity (Wildman–Crippen MR) is 153 cm³/mol. The fraction of sp³-hybridized carbons (Fsp3) is 0.438. The highest BCUT2D eigenvalue weighted by molar-refractivity contribution is 5.93. The Kier molecular flexibility index (Phi) is 6.87. The third kappa shape index (κ3) is 4.11. The summed E-state index contributed by atoms with van der Waals surface area (Å²) in [5.74, 6) is 0. The van der Waals surface area contributed by atoms with Crippen molar-refractivity contribution in [3.63, 3.8) is 0 Å². The molecular formula is C32H40N4. The molecule has 0 unspecified atom stereocenters. The van der Waals surface area contributed by atoms with E-state index in [1.54, 1.807) is 0 Å². The van der Waals surface area contributed by atoms with Crippen LogP contribution in [0.1, 0.15) is 99.4 Å². The molecule has 4 nitrogen and oxygen atoms in total. The first-order valence-electron chi connectivity index (χ1n) is 14.0. The molecule has 0 saturated heterocycles. The molecular weight excluding hydrogens is 440 g/mol. The number of nitrogens with one attached hydrogen (secondary N) is 2. The van der Waals surface area contributed by atoms with E-state index in [1.165, 1.54) is 66.9 Å². The van der Waals surface area contributed by atoms with Gasteiger partial charge in [0.1, 0.15) is 0 Å². The number of aryl methyl sites for hydroxylation is 6. The van der Waals surface area contributed by atoms with E-state index in [0.717, 1.165) is 62.8 Å². The highest BCUT2D eigenvalue weighted by Gasteiger charge is 2.19. The molecule has 0 atom stereocenters. The van der Waals surface area contributed by atoms with Gasteiger partial charge in [-0.2, -0.15) is 0 Å². The average molecular weight is 481 g/mol. The van der Waals surface area contributed by atoms with E-state index in [4.69, 9.17) is 9.97 Å². The maximum atomic E-state index is 5.25. The minimum Gasteiger partial charge on any atom is -0.355 e. The zero-order chi connectivity index (χ0) is 25.4. The van der Waals surface area contributed by atoms with Gasteiger partial charge in [-0.15, -0.1) is 0 Å². The Hall–Kier alpha value is -3.14. The Morgan fingerprint density at radius 3 is 1.19 bits per heavy atom. The number of nitrogens with zero attached hydrogens (tertiary/aromatic N) is 2. The molecule has 0 radical (unpaired) electrons. The lowest BCUT2D eigenvalue weighted by Crippen LogP contribution is -1.87. The van der Waals surface area contributed by atoms with Crippen LogP contribution >= 0.6 is 0 Å². The second-order valence-electron chi connectivity index (χ2n) is 9.95. The van der Waals surface area contributed by atoms with E-state index < -0.39 is 0 Å². The van der Waals surface area contributed by atoms with Crippen molar-refractivity contribution in [3.8, 4) is 0 Å². The van der Waals surface area contributed by atoms with Crippen molar-refractivity contribution >= 4 is 33.2 Å². The first-order chi connectivity index (χ1) is 17.5. The highest BCUT2D eigenvalue weighted by Crippen LogP contribution is 2.36. The molecule has 0 spiro atoms. The molecule has 5 rings (SSSR count). The fourth-order valence-corrected chi connectivity index (χ4v) is 6.32. The smallest absolute Gasteiger partial charge is 0.0693 e. The molecule has 8 bridgehead atoms. The molecule has 36 heavy (non-hydrogen) atoms. The van der Waals surface area contributed by atoms with Crippen LogP contribution in [0.5, 0.6) is 0 Å². The average Bonchev–Trinajstić information content (AvgIpc) is 3.62. The van der Waals surface area contributed by atoms with Gasteiger partial charge in [0.2, 0.25) is 0 Å². The lowest BCUT2D eigenvalue weighted by atomic mass is 9.99. The zero-order valence-electron chi connectivity index (χ0n) is 22.9. The topological polar surface area (TPSA) is 57.4 Å². The summed E-state index contributed by atoms with van der Waals surface area (Å²) >= 11 is 0. The summed E-state index contributed by atoms with van der Waals surface area (Å²) in [6.45, 7) is 13.5. The van der Waals surface area contributed by atoms with Crippen LogP contribution in [0.2, 0.25) is 0 Å². The van der Waals surface area contributed by atoms with E-state index in [0.29, 0.717) is 0 Å². The summed E-state index contributed by atoms with van der Waals surface area (Å²) in [7, 11) is 0. The summed E-state index contributed by atoms with van der Waals surface area (Å²) in [4.78, 5) is 17.9. The molecule has 0 amide bonds. The van der Waals surface area contributed by atoms with Gasteiger partial charge in [0.05, 0.1) is 11.4 Å². The maximum Gasteiger partial charge on any atom is 0.0693 e. The van der Waals surface area contributed by atoms with Crippen LogP contribution in [-0.2, 0) is 38.5 Å². The lowest BCUT2D eigenvalue weighted by molar-refractivity contribution is 1.02. The van der Waals surface area contributed by atoms with E-state index in [9.17, 15) is 0 Å². The summed E-state index contributed by atoms with van der Waals surface area (Å²) in [6, 6.07) is 9.18.